The number of carbonyl (C=O) groups excluding carboxylic acids is 1. The molecule has 2 aromatic rings. The molecule has 22 heavy (non-hydrogen) atoms. The molecule has 0 saturated heterocycles. The number of ether oxygens (including phenoxy) is 1. The highest BCUT2D eigenvalue weighted by atomic mass is 16.6. The molecular weight excluding hydrogens is 274 g/mol. The fourth-order valence-electron chi connectivity index (χ4n) is 2.32. The van der Waals surface area contributed by atoms with Crippen molar-refractivity contribution in [2.24, 2.45) is 0 Å². The molecule has 2 rings (SSSR count). The molecule has 0 spiro atoms. The fourth-order valence-corrected chi connectivity index (χ4v) is 2.32. The third-order valence-electron chi connectivity index (χ3n) is 3.06. The standard InChI is InChI=1S/C19H23NO2/c1-14-11-15(2)13-17(12-14)20(16-9-7-6-8-10-16)18(21)22-19(3,4)5/h6-13H,1-5H3. The summed E-state index contributed by atoms with van der Waals surface area (Å²) in [5.41, 5.74) is 3.29. The van der Waals surface area contributed by atoms with Gasteiger partial charge in [0, 0.05) is 0 Å². The van der Waals surface area contributed by atoms with Crippen LogP contribution in [0.15, 0.2) is 48.5 Å². The molecule has 0 aromatic heterocycles. The van der Waals surface area contributed by atoms with Gasteiger partial charge in [-0.3, -0.25) is 0 Å². The number of anilines is 2. The lowest BCUT2D eigenvalue weighted by atomic mass is 10.1. The van der Waals surface area contributed by atoms with Gasteiger partial charge in [0.05, 0.1) is 11.4 Å². The molecule has 0 bridgehead atoms. The van der Waals surface area contributed by atoms with Crippen molar-refractivity contribution in [3.63, 3.8) is 0 Å². The molecule has 0 aliphatic heterocycles. The van der Waals surface area contributed by atoms with Crippen LogP contribution in [-0.4, -0.2) is 11.7 Å². The van der Waals surface area contributed by atoms with E-state index >= 15 is 0 Å². The van der Waals surface area contributed by atoms with E-state index in [9.17, 15) is 4.79 Å². The maximum Gasteiger partial charge on any atom is 0.419 e. The van der Waals surface area contributed by atoms with Crippen LogP contribution >= 0.6 is 0 Å². The highest BCUT2D eigenvalue weighted by Crippen LogP contribution is 2.29. The van der Waals surface area contributed by atoms with Gasteiger partial charge in [0.25, 0.3) is 0 Å². The zero-order valence-electron chi connectivity index (χ0n) is 13.9. The van der Waals surface area contributed by atoms with Crippen LogP contribution in [0.1, 0.15) is 31.9 Å². The zero-order valence-corrected chi connectivity index (χ0v) is 13.9. The maximum atomic E-state index is 12.7. The van der Waals surface area contributed by atoms with Crippen molar-refractivity contribution >= 4 is 17.5 Å². The normalized spacial score (nSPS) is 11.1. The highest BCUT2D eigenvalue weighted by Gasteiger charge is 2.25. The zero-order chi connectivity index (χ0) is 16.3. The summed E-state index contributed by atoms with van der Waals surface area (Å²) < 4.78 is 5.58. The molecule has 3 heteroatoms. The molecule has 0 fully saturated rings. The van der Waals surface area contributed by atoms with E-state index in [2.05, 4.69) is 6.07 Å². The van der Waals surface area contributed by atoms with Crippen molar-refractivity contribution in [2.75, 3.05) is 4.90 Å². The minimum absolute atomic E-state index is 0.372. The molecular formula is C19H23NO2. The first-order valence-electron chi connectivity index (χ1n) is 7.43. The van der Waals surface area contributed by atoms with Crippen LogP contribution in [0.4, 0.5) is 16.2 Å². The van der Waals surface area contributed by atoms with Crippen LogP contribution in [0.2, 0.25) is 0 Å². The first-order chi connectivity index (χ1) is 10.3. The third-order valence-corrected chi connectivity index (χ3v) is 3.06. The maximum absolute atomic E-state index is 12.7. The Balaban J connectivity index is 2.48. The number of hydrogen-bond acceptors (Lipinski definition) is 2. The molecule has 0 unspecified atom stereocenters. The van der Waals surface area contributed by atoms with Gasteiger partial charge in [-0.2, -0.15) is 0 Å². The summed E-state index contributed by atoms with van der Waals surface area (Å²) >= 11 is 0. The minimum atomic E-state index is -0.539. The average Bonchev–Trinajstić information content (AvgIpc) is 2.36. The Morgan fingerprint density at radius 1 is 0.909 bits per heavy atom. The van der Waals surface area contributed by atoms with Crippen LogP contribution in [-0.2, 0) is 4.74 Å². The quantitative estimate of drug-likeness (QED) is 0.745. The summed E-state index contributed by atoms with van der Waals surface area (Å²) in [5, 5.41) is 0. The lowest BCUT2D eigenvalue weighted by Gasteiger charge is -2.28. The topological polar surface area (TPSA) is 29.5 Å². The Labute approximate surface area is 132 Å². The lowest BCUT2D eigenvalue weighted by Crippen LogP contribution is -2.33. The van der Waals surface area contributed by atoms with Crippen molar-refractivity contribution in [2.45, 2.75) is 40.2 Å². The Bertz CT molecular complexity index is 637. The second-order valence-corrected chi connectivity index (χ2v) is 6.50. The minimum Gasteiger partial charge on any atom is -0.443 e. The van der Waals surface area contributed by atoms with E-state index in [0.29, 0.717) is 0 Å². The van der Waals surface area contributed by atoms with Gasteiger partial charge in [-0.15, -0.1) is 0 Å². The third kappa shape index (κ3) is 4.10. The van der Waals surface area contributed by atoms with E-state index in [-0.39, 0.29) is 6.09 Å². The van der Waals surface area contributed by atoms with E-state index in [0.717, 1.165) is 22.5 Å². The molecule has 0 atom stereocenters. The van der Waals surface area contributed by atoms with Gasteiger partial charge in [-0.1, -0.05) is 24.3 Å². The second-order valence-electron chi connectivity index (χ2n) is 6.50. The molecule has 0 radical (unpaired) electrons. The van der Waals surface area contributed by atoms with Gasteiger partial charge in [-0.05, 0) is 70.0 Å². The van der Waals surface area contributed by atoms with E-state index in [4.69, 9.17) is 4.74 Å². The highest BCUT2D eigenvalue weighted by molar-refractivity contribution is 5.96. The molecule has 3 nitrogen and oxygen atoms in total. The number of rotatable bonds is 2. The van der Waals surface area contributed by atoms with Crippen LogP contribution in [0.25, 0.3) is 0 Å². The summed E-state index contributed by atoms with van der Waals surface area (Å²) in [5.74, 6) is 0. The summed E-state index contributed by atoms with van der Waals surface area (Å²) in [7, 11) is 0. The van der Waals surface area contributed by atoms with Crippen molar-refractivity contribution < 1.29 is 9.53 Å². The van der Waals surface area contributed by atoms with Crippen LogP contribution in [0.3, 0.4) is 0 Å². The molecule has 0 heterocycles. The molecule has 0 aliphatic rings. The van der Waals surface area contributed by atoms with Gasteiger partial charge < -0.3 is 4.74 Å². The fraction of sp³-hybridized carbons (Fsp3) is 0.316. The summed E-state index contributed by atoms with van der Waals surface area (Å²) in [4.78, 5) is 14.3. The smallest absolute Gasteiger partial charge is 0.419 e. The number of hydrogen-bond donors (Lipinski definition) is 0. The Kier molecular flexibility index (Phi) is 4.55. The summed E-state index contributed by atoms with van der Waals surface area (Å²) in [6.07, 6.45) is -0.372. The molecule has 0 aliphatic carbocycles. The average molecular weight is 297 g/mol. The van der Waals surface area contributed by atoms with Gasteiger partial charge in [0.1, 0.15) is 5.60 Å². The number of amides is 1. The Hall–Kier alpha value is -2.29. The van der Waals surface area contributed by atoms with E-state index in [1.807, 2.05) is 77.1 Å². The molecule has 0 N–H and O–H groups in total. The largest absolute Gasteiger partial charge is 0.443 e. The van der Waals surface area contributed by atoms with Gasteiger partial charge >= 0.3 is 6.09 Å². The SMILES string of the molecule is Cc1cc(C)cc(N(C(=O)OC(C)(C)C)c2ccccc2)c1. The molecule has 0 saturated carbocycles. The molecule has 1 amide bonds. The Morgan fingerprint density at radius 3 is 1.95 bits per heavy atom. The monoisotopic (exact) mass is 297 g/mol. The predicted octanol–water partition coefficient (Wildman–Crippen LogP) is 5.38. The number of aryl methyl sites for hydroxylation is 2. The number of nitrogens with zero attached hydrogens (tertiary/aromatic N) is 1. The number of benzene rings is 2. The van der Waals surface area contributed by atoms with Crippen LogP contribution < -0.4 is 4.90 Å². The lowest BCUT2D eigenvalue weighted by molar-refractivity contribution is 0.0599. The predicted molar refractivity (Wildman–Crippen MR) is 90.7 cm³/mol. The van der Waals surface area contributed by atoms with Gasteiger partial charge in [0.15, 0.2) is 0 Å². The number of carbonyl (C=O) groups is 1. The van der Waals surface area contributed by atoms with Gasteiger partial charge in [0.2, 0.25) is 0 Å². The summed E-state index contributed by atoms with van der Waals surface area (Å²) in [6, 6.07) is 15.6. The number of para-hydroxylation sites is 1. The first-order valence-corrected chi connectivity index (χ1v) is 7.43. The summed E-state index contributed by atoms with van der Waals surface area (Å²) in [6.45, 7) is 9.66. The van der Waals surface area contributed by atoms with Crippen molar-refractivity contribution in [3.05, 3.63) is 59.7 Å². The van der Waals surface area contributed by atoms with Gasteiger partial charge in [-0.25, -0.2) is 9.69 Å². The van der Waals surface area contributed by atoms with E-state index in [1.165, 1.54) is 0 Å². The van der Waals surface area contributed by atoms with E-state index in [1.54, 1.807) is 4.90 Å². The van der Waals surface area contributed by atoms with Crippen molar-refractivity contribution in [1.29, 1.82) is 0 Å². The molecule has 116 valence electrons. The van der Waals surface area contributed by atoms with Crippen molar-refractivity contribution in [1.82, 2.24) is 0 Å². The molecule has 2 aromatic carbocycles. The van der Waals surface area contributed by atoms with Crippen LogP contribution in [0, 0.1) is 13.8 Å². The van der Waals surface area contributed by atoms with E-state index < -0.39 is 5.60 Å². The van der Waals surface area contributed by atoms with Crippen molar-refractivity contribution in [3.8, 4) is 0 Å². The Morgan fingerprint density at radius 2 is 1.45 bits per heavy atom. The van der Waals surface area contributed by atoms with Crippen LogP contribution in [0.5, 0.6) is 0 Å². The second kappa shape index (κ2) is 6.22. The first kappa shape index (κ1) is 16.1.